The fourth-order valence-electron chi connectivity index (χ4n) is 4.05. The minimum absolute atomic E-state index is 0.0688. The number of carbonyl (C=O) groups excluding carboxylic acids is 2. The lowest BCUT2D eigenvalue weighted by molar-refractivity contribution is -0.143. The first-order chi connectivity index (χ1) is 11.1. The van der Waals surface area contributed by atoms with E-state index in [1.165, 1.54) is 12.8 Å². The zero-order valence-corrected chi connectivity index (χ0v) is 16.1. The number of hydrogen-bond donors (Lipinski definition) is 2. The molecular weight excluding hydrogens is 302 g/mol. The summed E-state index contributed by atoms with van der Waals surface area (Å²) in [7, 11) is 0. The number of hydrogen-bond acceptors (Lipinski definition) is 2. The van der Waals surface area contributed by atoms with Crippen LogP contribution < -0.4 is 10.6 Å². The minimum Gasteiger partial charge on any atom is -0.342 e. The summed E-state index contributed by atoms with van der Waals surface area (Å²) in [5.41, 5.74) is -0.391. The van der Waals surface area contributed by atoms with Crippen LogP contribution in [0.3, 0.4) is 0 Å². The van der Waals surface area contributed by atoms with Gasteiger partial charge in [0.05, 0.1) is 0 Å². The number of likely N-dealkylation sites (tertiary alicyclic amines) is 1. The van der Waals surface area contributed by atoms with E-state index in [-0.39, 0.29) is 23.0 Å². The molecule has 1 aliphatic heterocycles. The van der Waals surface area contributed by atoms with Gasteiger partial charge in [-0.15, -0.1) is 0 Å². The Kier molecular flexibility index (Phi) is 5.82. The highest BCUT2D eigenvalue weighted by molar-refractivity contribution is 5.82. The van der Waals surface area contributed by atoms with Crippen molar-refractivity contribution in [2.24, 2.45) is 11.3 Å². The molecule has 0 spiro atoms. The Morgan fingerprint density at radius 1 is 1.17 bits per heavy atom. The molecule has 0 aromatic rings. The summed E-state index contributed by atoms with van der Waals surface area (Å²) in [6.07, 6.45) is 6.48. The maximum Gasteiger partial charge on any atom is 0.315 e. The van der Waals surface area contributed by atoms with Gasteiger partial charge in [-0.25, -0.2) is 4.79 Å². The summed E-state index contributed by atoms with van der Waals surface area (Å²) in [6, 6.07) is -0.0551. The van der Waals surface area contributed by atoms with E-state index >= 15 is 0 Å². The molecule has 1 saturated heterocycles. The highest BCUT2D eigenvalue weighted by Crippen LogP contribution is 2.40. The van der Waals surface area contributed by atoms with Gasteiger partial charge in [0, 0.05) is 30.1 Å². The molecule has 2 N–H and O–H groups in total. The van der Waals surface area contributed by atoms with Crippen molar-refractivity contribution in [3.63, 3.8) is 0 Å². The Morgan fingerprint density at radius 2 is 1.79 bits per heavy atom. The lowest BCUT2D eigenvalue weighted by Gasteiger charge is -2.39. The molecule has 1 saturated carbocycles. The largest absolute Gasteiger partial charge is 0.342 e. The van der Waals surface area contributed by atoms with Gasteiger partial charge >= 0.3 is 6.03 Å². The fraction of sp³-hybridized carbons (Fsp3) is 0.895. The first kappa shape index (κ1) is 19.1. The summed E-state index contributed by atoms with van der Waals surface area (Å²) in [6.45, 7) is 11.7. The van der Waals surface area contributed by atoms with E-state index in [0.29, 0.717) is 11.8 Å². The summed E-state index contributed by atoms with van der Waals surface area (Å²) in [4.78, 5) is 27.1. The van der Waals surface area contributed by atoms with E-state index in [1.54, 1.807) is 0 Å². The Hall–Kier alpha value is -1.26. The van der Waals surface area contributed by atoms with Crippen LogP contribution in [0, 0.1) is 11.3 Å². The Bertz CT molecular complexity index is 464. The standard InChI is InChI=1S/C19H35N3O2/c1-14(20-17(24)21-18(2,3)4)15-9-8-12-22(13-15)16(23)19(5)10-6-7-11-19/h14-15H,6-13H2,1-5H3,(H2,20,21,24). The van der Waals surface area contributed by atoms with Gasteiger partial charge in [-0.05, 0) is 59.3 Å². The number of piperidine rings is 1. The maximum absolute atomic E-state index is 12.9. The van der Waals surface area contributed by atoms with Crippen molar-refractivity contribution in [2.75, 3.05) is 13.1 Å². The second-order valence-corrected chi connectivity index (χ2v) is 9.06. The molecule has 1 aliphatic carbocycles. The van der Waals surface area contributed by atoms with Crippen LogP contribution >= 0.6 is 0 Å². The van der Waals surface area contributed by atoms with E-state index in [9.17, 15) is 9.59 Å². The molecule has 2 unspecified atom stereocenters. The van der Waals surface area contributed by atoms with Crippen molar-refractivity contribution in [1.82, 2.24) is 15.5 Å². The van der Waals surface area contributed by atoms with Gasteiger partial charge in [-0.3, -0.25) is 4.79 Å². The quantitative estimate of drug-likeness (QED) is 0.830. The van der Waals surface area contributed by atoms with Crippen LogP contribution in [0.1, 0.15) is 73.1 Å². The smallest absolute Gasteiger partial charge is 0.315 e. The van der Waals surface area contributed by atoms with Gasteiger partial charge in [-0.2, -0.15) is 0 Å². The molecular formula is C19H35N3O2. The van der Waals surface area contributed by atoms with Gasteiger partial charge < -0.3 is 15.5 Å². The van der Waals surface area contributed by atoms with E-state index in [1.807, 2.05) is 20.8 Å². The van der Waals surface area contributed by atoms with Gasteiger partial charge in [0.15, 0.2) is 0 Å². The minimum atomic E-state index is -0.241. The molecule has 2 atom stereocenters. The van der Waals surface area contributed by atoms with Crippen LogP contribution in [0.5, 0.6) is 0 Å². The van der Waals surface area contributed by atoms with Crippen molar-refractivity contribution >= 4 is 11.9 Å². The zero-order chi connectivity index (χ0) is 18.0. The average Bonchev–Trinajstić information content (AvgIpc) is 2.92. The van der Waals surface area contributed by atoms with Crippen LogP contribution in [-0.4, -0.2) is 41.5 Å². The van der Waals surface area contributed by atoms with Gasteiger partial charge in [0.1, 0.15) is 0 Å². The molecule has 5 heteroatoms. The van der Waals surface area contributed by atoms with Crippen LogP contribution in [0.4, 0.5) is 4.79 Å². The number of amides is 3. The molecule has 0 aromatic carbocycles. The summed E-state index contributed by atoms with van der Waals surface area (Å²) < 4.78 is 0. The predicted molar refractivity (Wildman–Crippen MR) is 96.8 cm³/mol. The zero-order valence-electron chi connectivity index (χ0n) is 16.1. The summed E-state index contributed by atoms with van der Waals surface area (Å²) in [5, 5.41) is 6.00. The number of rotatable bonds is 3. The first-order valence-corrected chi connectivity index (χ1v) is 9.49. The van der Waals surface area contributed by atoms with Crippen molar-refractivity contribution in [1.29, 1.82) is 0 Å². The summed E-state index contributed by atoms with van der Waals surface area (Å²) >= 11 is 0. The fourth-order valence-corrected chi connectivity index (χ4v) is 4.05. The number of nitrogens with one attached hydrogen (secondary N) is 2. The number of carbonyl (C=O) groups is 2. The van der Waals surface area contributed by atoms with Crippen molar-refractivity contribution in [2.45, 2.75) is 84.7 Å². The predicted octanol–water partition coefficient (Wildman–Crippen LogP) is 3.29. The van der Waals surface area contributed by atoms with E-state index < -0.39 is 0 Å². The average molecular weight is 338 g/mol. The molecule has 0 bridgehead atoms. The SMILES string of the molecule is CC(NC(=O)NC(C)(C)C)C1CCCN(C(=O)C2(C)CCCC2)C1. The van der Waals surface area contributed by atoms with Crippen molar-refractivity contribution in [3.05, 3.63) is 0 Å². The molecule has 0 radical (unpaired) electrons. The van der Waals surface area contributed by atoms with E-state index in [0.717, 1.165) is 38.8 Å². The van der Waals surface area contributed by atoms with Crippen LogP contribution in [0.15, 0.2) is 0 Å². The topological polar surface area (TPSA) is 61.4 Å². The third-order valence-corrected chi connectivity index (χ3v) is 5.52. The Morgan fingerprint density at radius 3 is 2.38 bits per heavy atom. The van der Waals surface area contributed by atoms with Crippen molar-refractivity contribution in [3.8, 4) is 0 Å². The molecule has 1 heterocycles. The van der Waals surface area contributed by atoms with Gasteiger partial charge in [-0.1, -0.05) is 19.8 Å². The summed E-state index contributed by atoms with van der Waals surface area (Å²) in [5.74, 6) is 0.662. The van der Waals surface area contributed by atoms with Gasteiger partial charge in [0.2, 0.25) is 5.91 Å². The second-order valence-electron chi connectivity index (χ2n) is 9.06. The maximum atomic E-state index is 12.9. The second kappa shape index (κ2) is 7.32. The molecule has 3 amide bonds. The van der Waals surface area contributed by atoms with Crippen LogP contribution in [0.2, 0.25) is 0 Å². The third-order valence-electron chi connectivity index (χ3n) is 5.52. The Balaban J connectivity index is 1.90. The lowest BCUT2D eigenvalue weighted by Crippen LogP contribution is -2.54. The third kappa shape index (κ3) is 4.87. The van der Waals surface area contributed by atoms with Gasteiger partial charge in [0.25, 0.3) is 0 Å². The number of urea groups is 1. The van der Waals surface area contributed by atoms with Crippen LogP contribution in [-0.2, 0) is 4.79 Å². The van der Waals surface area contributed by atoms with Crippen molar-refractivity contribution < 1.29 is 9.59 Å². The highest BCUT2D eigenvalue weighted by atomic mass is 16.2. The molecule has 2 fully saturated rings. The van der Waals surface area contributed by atoms with E-state index in [2.05, 4.69) is 29.4 Å². The lowest BCUT2D eigenvalue weighted by atomic mass is 9.84. The highest BCUT2D eigenvalue weighted by Gasteiger charge is 2.40. The Labute approximate surface area is 146 Å². The molecule has 24 heavy (non-hydrogen) atoms. The molecule has 5 nitrogen and oxygen atoms in total. The first-order valence-electron chi connectivity index (χ1n) is 9.49. The molecule has 2 rings (SSSR count). The molecule has 2 aliphatic rings. The molecule has 0 aromatic heterocycles. The van der Waals surface area contributed by atoms with Crippen LogP contribution in [0.25, 0.3) is 0 Å². The monoisotopic (exact) mass is 337 g/mol. The van der Waals surface area contributed by atoms with E-state index in [4.69, 9.17) is 0 Å². The molecule has 138 valence electrons. The number of nitrogens with zero attached hydrogens (tertiary/aromatic N) is 1. The normalized spacial score (nSPS) is 25.2.